The summed E-state index contributed by atoms with van der Waals surface area (Å²) in [6, 6.07) is 0.433. The third-order valence-electron chi connectivity index (χ3n) is 2.66. The van der Waals surface area contributed by atoms with Crippen LogP contribution in [0.2, 0.25) is 0 Å². The lowest BCUT2D eigenvalue weighted by atomic mass is 10.1. The smallest absolute Gasteiger partial charge is 0.262 e. The molecule has 2 saturated heterocycles. The van der Waals surface area contributed by atoms with Crippen molar-refractivity contribution in [2.45, 2.75) is 31.0 Å². The van der Waals surface area contributed by atoms with Crippen LogP contribution < -0.4 is 16.1 Å². The Morgan fingerprint density at radius 2 is 2.33 bits per heavy atom. The summed E-state index contributed by atoms with van der Waals surface area (Å²) < 4.78 is 0. The lowest BCUT2D eigenvalue weighted by Crippen LogP contribution is -2.61. The van der Waals surface area contributed by atoms with E-state index < -0.39 is 0 Å². The fraction of sp³-hybridized carbons (Fsp3) is 0.857. The number of hydroxylamine groups is 1. The molecule has 0 spiro atoms. The lowest BCUT2D eigenvalue weighted by molar-refractivity contribution is -0.132. The van der Waals surface area contributed by atoms with Gasteiger partial charge in [-0.05, 0) is 12.8 Å². The Labute approximate surface area is 70.5 Å². The highest BCUT2D eigenvalue weighted by atomic mass is 16.5. The van der Waals surface area contributed by atoms with Crippen LogP contribution in [0.15, 0.2) is 0 Å². The number of nitrogens with one attached hydrogen (secondary N) is 3. The Bertz CT molecular complexity index is 197. The molecule has 3 unspecified atom stereocenters. The van der Waals surface area contributed by atoms with Gasteiger partial charge in [0.1, 0.15) is 6.04 Å². The highest BCUT2D eigenvalue weighted by molar-refractivity contribution is 5.81. The van der Waals surface area contributed by atoms with E-state index >= 15 is 0 Å². The van der Waals surface area contributed by atoms with Crippen LogP contribution >= 0.6 is 0 Å². The average molecular weight is 171 g/mol. The normalized spacial score (nSPS) is 39.6. The number of rotatable bonds is 1. The zero-order valence-electron chi connectivity index (χ0n) is 6.71. The molecule has 2 aliphatic heterocycles. The maximum absolute atomic E-state index is 11.1. The van der Waals surface area contributed by atoms with Crippen molar-refractivity contribution >= 4 is 5.91 Å². The molecule has 2 fully saturated rings. The molecule has 0 radical (unpaired) electrons. The van der Waals surface area contributed by atoms with Crippen molar-refractivity contribution < 1.29 is 10.0 Å². The minimum Gasteiger partial charge on any atom is -0.308 e. The molecule has 0 aliphatic carbocycles. The molecular weight excluding hydrogens is 158 g/mol. The fourth-order valence-corrected chi connectivity index (χ4v) is 2.03. The third kappa shape index (κ3) is 1.20. The summed E-state index contributed by atoms with van der Waals surface area (Å²) in [6.45, 7) is 0.814. The van der Waals surface area contributed by atoms with Gasteiger partial charge in [0.2, 0.25) is 0 Å². The number of hydrogen-bond acceptors (Lipinski definition) is 4. The van der Waals surface area contributed by atoms with Gasteiger partial charge in [-0.3, -0.25) is 10.0 Å². The maximum Gasteiger partial charge on any atom is 0.262 e. The number of piperazine rings is 1. The van der Waals surface area contributed by atoms with Crippen LogP contribution in [-0.4, -0.2) is 35.8 Å². The topological polar surface area (TPSA) is 73.4 Å². The largest absolute Gasteiger partial charge is 0.308 e. The Kier molecular flexibility index (Phi) is 2.00. The van der Waals surface area contributed by atoms with Gasteiger partial charge in [-0.15, -0.1) is 0 Å². The van der Waals surface area contributed by atoms with Crippen LogP contribution in [0.3, 0.4) is 0 Å². The first-order valence-electron chi connectivity index (χ1n) is 4.24. The second-order valence-electron chi connectivity index (χ2n) is 3.41. The highest BCUT2D eigenvalue weighted by Crippen LogP contribution is 2.19. The molecule has 2 heterocycles. The molecule has 4 N–H and O–H groups in total. The summed E-state index contributed by atoms with van der Waals surface area (Å²) in [6.07, 6.45) is 2.13. The molecular formula is C7H13N3O2. The Balaban J connectivity index is 2.02. The second kappa shape index (κ2) is 3.01. The third-order valence-corrected chi connectivity index (χ3v) is 2.66. The molecule has 3 atom stereocenters. The van der Waals surface area contributed by atoms with Crippen LogP contribution in [0.5, 0.6) is 0 Å². The Morgan fingerprint density at radius 3 is 3.08 bits per heavy atom. The monoisotopic (exact) mass is 171 g/mol. The van der Waals surface area contributed by atoms with E-state index in [1.54, 1.807) is 5.48 Å². The van der Waals surface area contributed by atoms with E-state index in [-0.39, 0.29) is 18.0 Å². The van der Waals surface area contributed by atoms with Crippen LogP contribution in [0.25, 0.3) is 0 Å². The molecule has 0 aromatic rings. The molecule has 5 nitrogen and oxygen atoms in total. The Morgan fingerprint density at radius 1 is 1.50 bits per heavy atom. The van der Waals surface area contributed by atoms with E-state index in [0.717, 1.165) is 19.4 Å². The first-order valence-corrected chi connectivity index (χ1v) is 4.24. The molecule has 12 heavy (non-hydrogen) atoms. The fourth-order valence-electron chi connectivity index (χ4n) is 2.03. The first kappa shape index (κ1) is 7.97. The summed E-state index contributed by atoms with van der Waals surface area (Å²) in [4.78, 5) is 11.1. The van der Waals surface area contributed by atoms with E-state index in [9.17, 15) is 4.79 Å². The van der Waals surface area contributed by atoms with E-state index in [2.05, 4.69) is 10.6 Å². The van der Waals surface area contributed by atoms with Gasteiger partial charge >= 0.3 is 0 Å². The van der Waals surface area contributed by atoms with Gasteiger partial charge in [0.15, 0.2) is 0 Å². The molecule has 2 aliphatic rings. The number of amides is 1. The van der Waals surface area contributed by atoms with Crippen LogP contribution in [0.1, 0.15) is 12.8 Å². The standard InChI is InChI=1S/C7H13N3O2/c11-7(10-12)6-5-2-1-4(9-5)3-8-6/h4-6,8-9,12H,1-3H2,(H,10,11). The maximum atomic E-state index is 11.1. The number of hydrogen-bond donors (Lipinski definition) is 4. The highest BCUT2D eigenvalue weighted by Gasteiger charge is 2.38. The van der Waals surface area contributed by atoms with Crippen molar-refractivity contribution in [1.29, 1.82) is 0 Å². The van der Waals surface area contributed by atoms with Gasteiger partial charge in [0, 0.05) is 18.6 Å². The van der Waals surface area contributed by atoms with Crippen LogP contribution in [-0.2, 0) is 4.79 Å². The molecule has 68 valence electrons. The minimum atomic E-state index is -0.340. The number of fused-ring (bicyclic) bond motifs is 2. The van der Waals surface area contributed by atoms with E-state index in [4.69, 9.17) is 5.21 Å². The van der Waals surface area contributed by atoms with Crippen molar-refractivity contribution in [3.05, 3.63) is 0 Å². The average Bonchev–Trinajstić information content (AvgIpc) is 2.47. The second-order valence-corrected chi connectivity index (χ2v) is 3.41. The summed E-state index contributed by atoms with van der Waals surface area (Å²) >= 11 is 0. The molecule has 1 amide bonds. The van der Waals surface area contributed by atoms with Gasteiger partial charge in [-0.1, -0.05) is 0 Å². The predicted molar refractivity (Wildman–Crippen MR) is 41.7 cm³/mol. The summed E-state index contributed by atoms with van der Waals surface area (Å²) in [5.41, 5.74) is 1.68. The molecule has 2 rings (SSSR count). The van der Waals surface area contributed by atoms with Crippen LogP contribution in [0, 0.1) is 0 Å². The Hall–Kier alpha value is -0.650. The van der Waals surface area contributed by atoms with E-state index in [1.807, 2.05) is 0 Å². The van der Waals surface area contributed by atoms with Crippen molar-refractivity contribution in [2.75, 3.05) is 6.54 Å². The van der Waals surface area contributed by atoms with Gasteiger partial charge in [0.25, 0.3) is 5.91 Å². The van der Waals surface area contributed by atoms with E-state index in [0.29, 0.717) is 6.04 Å². The van der Waals surface area contributed by atoms with Crippen molar-refractivity contribution in [3.8, 4) is 0 Å². The molecule has 5 heteroatoms. The quantitative estimate of drug-likeness (QED) is 0.289. The number of carbonyl (C=O) groups excluding carboxylic acids is 1. The van der Waals surface area contributed by atoms with Gasteiger partial charge < -0.3 is 10.6 Å². The summed E-state index contributed by atoms with van der Waals surface area (Å²) in [5, 5.41) is 14.9. The van der Waals surface area contributed by atoms with Gasteiger partial charge in [-0.25, -0.2) is 5.48 Å². The van der Waals surface area contributed by atoms with Crippen molar-refractivity contribution in [1.82, 2.24) is 16.1 Å². The van der Waals surface area contributed by atoms with Crippen molar-refractivity contribution in [3.63, 3.8) is 0 Å². The van der Waals surface area contributed by atoms with Crippen LogP contribution in [0.4, 0.5) is 0 Å². The summed E-state index contributed by atoms with van der Waals surface area (Å²) in [7, 11) is 0. The lowest BCUT2D eigenvalue weighted by Gasteiger charge is -2.29. The number of carbonyl (C=O) groups is 1. The SMILES string of the molecule is O=C(NO)C1NCC2CCC1N2. The zero-order chi connectivity index (χ0) is 8.55. The van der Waals surface area contributed by atoms with Gasteiger partial charge in [0.05, 0.1) is 0 Å². The van der Waals surface area contributed by atoms with Crippen molar-refractivity contribution in [2.24, 2.45) is 0 Å². The predicted octanol–water partition coefficient (Wildman–Crippen LogP) is -1.42. The zero-order valence-corrected chi connectivity index (χ0v) is 6.71. The van der Waals surface area contributed by atoms with Gasteiger partial charge in [-0.2, -0.15) is 0 Å². The molecule has 2 bridgehead atoms. The minimum absolute atomic E-state index is 0.191. The molecule has 0 aromatic carbocycles. The molecule has 0 aromatic heterocycles. The first-order chi connectivity index (χ1) is 5.81. The van der Waals surface area contributed by atoms with E-state index in [1.165, 1.54) is 0 Å². The summed E-state index contributed by atoms with van der Waals surface area (Å²) in [5.74, 6) is -0.340. The molecule has 0 saturated carbocycles.